The van der Waals surface area contributed by atoms with Gasteiger partial charge in [0.15, 0.2) is 0 Å². The van der Waals surface area contributed by atoms with Gasteiger partial charge in [0.05, 0.1) is 3.79 Å². The molecule has 1 aromatic rings. The summed E-state index contributed by atoms with van der Waals surface area (Å²) in [6.45, 7) is 0. The Morgan fingerprint density at radius 3 is 2.82 bits per heavy atom. The van der Waals surface area contributed by atoms with Crippen molar-refractivity contribution in [3.05, 3.63) is 20.8 Å². The predicted octanol–water partition coefficient (Wildman–Crippen LogP) is 4.32. The first-order valence-electron chi connectivity index (χ1n) is 6.31. The highest BCUT2D eigenvalue weighted by atomic mass is 79.9. The Balaban J connectivity index is 1.75. The van der Waals surface area contributed by atoms with E-state index in [-0.39, 0.29) is 0 Å². The van der Waals surface area contributed by atoms with E-state index in [2.05, 4.69) is 52.2 Å². The SMILES string of the molecule is CNC(CSC1CCCC1)Cc1ccc(Br)s1. The molecule has 96 valence electrons. The number of rotatable bonds is 6. The number of hydrogen-bond donors (Lipinski definition) is 1. The Labute approximate surface area is 121 Å². The molecule has 1 atom stereocenters. The lowest BCUT2D eigenvalue weighted by atomic mass is 10.2. The van der Waals surface area contributed by atoms with Crippen LogP contribution >= 0.6 is 39.0 Å². The third kappa shape index (κ3) is 4.58. The first kappa shape index (κ1) is 13.9. The monoisotopic (exact) mass is 333 g/mol. The van der Waals surface area contributed by atoms with E-state index in [0.717, 1.165) is 11.7 Å². The lowest BCUT2D eigenvalue weighted by molar-refractivity contribution is 0.620. The second kappa shape index (κ2) is 7.17. The molecule has 1 unspecified atom stereocenters. The molecule has 0 radical (unpaired) electrons. The van der Waals surface area contributed by atoms with Gasteiger partial charge in [-0.3, -0.25) is 0 Å². The third-order valence-corrected chi connectivity index (χ3v) is 6.50. The molecule has 1 aliphatic carbocycles. The van der Waals surface area contributed by atoms with Crippen molar-refractivity contribution in [2.75, 3.05) is 12.8 Å². The molecule has 1 aromatic heterocycles. The zero-order chi connectivity index (χ0) is 12.1. The summed E-state index contributed by atoms with van der Waals surface area (Å²) in [5, 5.41) is 4.39. The van der Waals surface area contributed by atoms with Crippen LogP contribution in [-0.4, -0.2) is 24.1 Å². The van der Waals surface area contributed by atoms with Gasteiger partial charge in [0.2, 0.25) is 0 Å². The first-order valence-corrected chi connectivity index (χ1v) is 8.97. The number of likely N-dealkylation sites (N-methyl/N-ethyl adjacent to an activating group) is 1. The van der Waals surface area contributed by atoms with Crippen LogP contribution < -0.4 is 5.32 Å². The molecule has 0 aromatic carbocycles. The minimum absolute atomic E-state index is 0.617. The van der Waals surface area contributed by atoms with Gasteiger partial charge >= 0.3 is 0 Å². The zero-order valence-electron chi connectivity index (χ0n) is 10.2. The molecule has 17 heavy (non-hydrogen) atoms. The van der Waals surface area contributed by atoms with Crippen molar-refractivity contribution in [3.63, 3.8) is 0 Å². The van der Waals surface area contributed by atoms with E-state index < -0.39 is 0 Å². The molecule has 4 heteroatoms. The summed E-state index contributed by atoms with van der Waals surface area (Å²) in [5.41, 5.74) is 0. The minimum atomic E-state index is 0.617. The number of halogens is 1. The Hall–Kier alpha value is 0.490. The fraction of sp³-hybridized carbons (Fsp3) is 0.692. The summed E-state index contributed by atoms with van der Waals surface area (Å²) in [5.74, 6) is 1.25. The third-order valence-electron chi connectivity index (χ3n) is 3.32. The van der Waals surface area contributed by atoms with Crippen molar-refractivity contribution in [2.24, 2.45) is 0 Å². The molecule has 1 nitrogen and oxygen atoms in total. The van der Waals surface area contributed by atoms with E-state index in [4.69, 9.17) is 0 Å². The Morgan fingerprint density at radius 1 is 1.47 bits per heavy atom. The van der Waals surface area contributed by atoms with E-state index >= 15 is 0 Å². The van der Waals surface area contributed by atoms with E-state index in [1.54, 1.807) is 0 Å². The van der Waals surface area contributed by atoms with Crippen molar-refractivity contribution < 1.29 is 0 Å². The molecule has 0 amide bonds. The van der Waals surface area contributed by atoms with Gasteiger partial charge < -0.3 is 5.32 Å². The van der Waals surface area contributed by atoms with Gasteiger partial charge in [0.1, 0.15) is 0 Å². The average Bonchev–Trinajstić information content (AvgIpc) is 2.96. The normalized spacial score (nSPS) is 18.7. The Morgan fingerprint density at radius 2 is 2.24 bits per heavy atom. The highest BCUT2D eigenvalue weighted by molar-refractivity contribution is 9.11. The zero-order valence-corrected chi connectivity index (χ0v) is 13.5. The molecule has 1 fully saturated rings. The van der Waals surface area contributed by atoms with Crippen LogP contribution in [0.3, 0.4) is 0 Å². The summed E-state index contributed by atoms with van der Waals surface area (Å²) in [7, 11) is 2.09. The quantitative estimate of drug-likeness (QED) is 0.832. The number of hydrogen-bond acceptors (Lipinski definition) is 3. The van der Waals surface area contributed by atoms with E-state index in [1.165, 1.54) is 40.1 Å². The van der Waals surface area contributed by atoms with E-state index in [9.17, 15) is 0 Å². The highest BCUT2D eigenvalue weighted by Crippen LogP contribution is 2.30. The number of thioether (sulfide) groups is 1. The predicted molar refractivity (Wildman–Crippen MR) is 83.3 cm³/mol. The molecule has 1 N–H and O–H groups in total. The topological polar surface area (TPSA) is 12.0 Å². The Kier molecular flexibility index (Phi) is 5.87. The molecular weight excluding hydrogens is 314 g/mol. The van der Waals surface area contributed by atoms with E-state index in [1.807, 2.05) is 11.3 Å². The second-order valence-electron chi connectivity index (χ2n) is 4.64. The summed E-state index contributed by atoms with van der Waals surface area (Å²) in [4.78, 5) is 1.48. The summed E-state index contributed by atoms with van der Waals surface area (Å²) < 4.78 is 1.24. The standard InChI is InChI=1S/C13H20BrNS2/c1-15-10(8-12-6-7-13(14)17-12)9-16-11-4-2-3-5-11/h6-7,10-11,15H,2-5,8-9H2,1H3. The molecule has 0 saturated heterocycles. The fourth-order valence-corrected chi connectivity index (χ4v) is 5.27. The van der Waals surface area contributed by atoms with Gasteiger partial charge in [-0.25, -0.2) is 0 Å². The summed E-state index contributed by atoms with van der Waals surface area (Å²) >= 11 is 7.56. The molecule has 0 bridgehead atoms. The van der Waals surface area contributed by atoms with Crippen molar-refractivity contribution >= 4 is 39.0 Å². The maximum absolute atomic E-state index is 3.53. The van der Waals surface area contributed by atoms with Gasteiger partial charge in [-0.15, -0.1) is 11.3 Å². The molecule has 0 aliphatic heterocycles. The van der Waals surface area contributed by atoms with Gasteiger partial charge in [-0.05, 0) is 54.4 Å². The molecule has 0 spiro atoms. The van der Waals surface area contributed by atoms with Crippen LogP contribution in [-0.2, 0) is 6.42 Å². The van der Waals surface area contributed by atoms with Crippen molar-refractivity contribution in [2.45, 2.75) is 43.4 Å². The fourth-order valence-electron chi connectivity index (χ4n) is 2.26. The molecule has 1 heterocycles. The van der Waals surface area contributed by atoms with Crippen LogP contribution in [0, 0.1) is 0 Å². The minimum Gasteiger partial charge on any atom is -0.316 e. The molecule has 1 aliphatic rings. The van der Waals surface area contributed by atoms with Crippen LogP contribution in [0.1, 0.15) is 30.6 Å². The lowest BCUT2D eigenvalue weighted by Crippen LogP contribution is -2.30. The average molecular weight is 334 g/mol. The molecule has 1 saturated carbocycles. The van der Waals surface area contributed by atoms with E-state index in [0.29, 0.717) is 6.04 Å². The largest absolute Gasteiger partial charge is 0.316 e. The summed E-state index contributed by atoms with van der Waals surface area (Å²) in [6, 6.07) is 5.00. The van der Waals surface area contributed by atoms with Crippen LogP contribution in [0.4, 0.5) is 0 Å². The highest BCUT2D eigenvalue weighted by Gasteiger charge is 2.17. The van der Waals surface area contributed by atoms with Crippen molar-refractivity contribution in [1.29, 1.82) is 0 Å². The summed E-state index contributed by atoms with van der Waals surface area (Å²) in [6.07, 6.45) is 6.92. The number of nitrogens with one attached hydrogen (secondary N) is 1. The van der Waals surface area contributed by atoms with Crippen LogP contribution in [0.2, 0.25) is 0 Å². The van der Waals surface area contributed by atoms with Gasteiger partial charge in [-0.2, -0.15) is 11.8 Å². The maximum atomic E-state index is 3.53. The van der Waals surface area contributed by atoms with Gasteiger partial charge in [0, 0.05) is 21.9 Å². The lowest BCUT2D eigenvalue weighted by Gasteiger charge is -2.17. The van der Waals surface area contributed by atoms with Crippen LogP contribution in [0.15, 0.2) is 15.9 Å². The second-order valence-corrected chi connectivity index (χ2v) is 8.52. The first-order chi connectivity index (χ1) is 8.28. The van der Waals surface area contributed by atoms with Gasteiger partial charge in [-0.1, -0.05) is 12.8 Å². The van der Waals surface area contributed by atoms with Gasteiger partial charge in [0.25, 0.3) is 0 Å². The molecular formula is C13H20BrNS2. The smallest absolute Gasteiger partial charge is 0.0701 e. The number of thiophene rings is 1. The van der Waals surface area contributed by atoms with Crippen LogP contribution in [0.25, 0.3) is 0 Å². The molecule has 2 rings (SSSR count). The maximum Gasteiger partial charge on any atom is 0.0701 e. The van der Waals surface area contributed by atoms with Crippen molar-refractivity contribution in [1.82, 2.24) is 5.32 Å². The van der Waals surface area contributed by atoms with Crippen molar-refractivity contribution in [3.8, 4) is 0 Å². The van der Waals surface area contributed by atoms with Crippen LogP contribution in [0.5, 0.6) is 0 Å². The Bertz CT molecular complexity index is 334.